The molecule has 0 bridgehead atoms. The second-order valence-corrected chi connectivity index (χ2v) is 7.41. The van der Waals surface area contributed by atoms with Gasteiger partial charge in [-0.25, -0.2) is 4.39 Å². The van der Waals surface area contributed by atoms with E-state index in [0.29, 0.717) is 34.7 Å². The van der Waals surface area contributed by atoms with E-state index in [1.54, 1.807) is 31.4 Å². The molecule has 1 N–H and O–H groups in total. The average Bonchev–Trinajstić information content (AvgIpc) is 2.72. The zero-order chi connectivity index (χ0) is 20.6. The van der Waals surface area contributed by atoms with Gasteiger partial charge in [-0.05, 0) is 60.5 Å². The van der Waals surface area contributed by atoms with Crippen LogP contribution in [0.1, 0.15) is 16.7 Å². The molecule has 0 aliphatic carbocycles. The monoisotopic (exact) mass is 433 g/mol. The molecule has 3 rings (SSSR count). The van der Waals surface area contributed by atoms with Gasteiger partial charge in [0.05, 0.1) is 7.11 Å². The molecule has 0 saturated carbocycles. The summed E-state index contributed by atoms with van der Waals surface area (Å²) >= 11 is 12.1. The lowest BCUT2D eigenvalue weighted by Crippen LogP contribution is -2.16. The van der Waals surface area contributed by atoms with Gasteiger partial charge in [-0.1, -0.05) is 47.5 Å². The van der Waals surface area contributed by atoms with E-state index in [1.165, 1.54) is 12.1 Å². The standard InChI is InChI=1S/C23H22Cl2FNO2/c1-28-23-12-17(14-27-11-10-16-2-7-20(26)8-3-16)4-9-22(23)29-15-18-5-6-19(24)13-21(18)25/h2-9,12-13,27H,10-11,14-15H2,1H3. The smallest absolute Gasteiger partial charge is 0.161 e. The van der Waals surface area contributed by atoms with Gasteiger partial charge in [0.2, 0.25) is 0 Å². The van der Waals surface area contributed by atoms with Crippen molar-refractivity contribution >= 4 is 23.2 Å². The topological polar surface area (TPSA) is 30.5 Å². The van der Waals surface area contributed by atoms with E-state index in [0.717, 1.165) is 29.7 Å². The molecule has 6 heteroatoms. The van der Waals surface area contributed by atoms with Crippen molar-refractivity contribution in [2.45, 2.75) is 19.6 Å². The largest absolute Gasteiger partial charge is 0.493 e. The highest BCUT2D eigenvalue weighted by Crippen LogP contribution is 2.30. The first-order chi connectivity index (χ1) is 14.0. The van der Waals surface area contributed by atoms with E-state index in [2.05, 4.69) is 5.32 Å². The molecule has 3 nitrogen and oxygen atoms in total. The highest BCUT2D eigenvalue weighted by molar-refractivity contribution is 6.35. The zero-order valence-electron chi connectivity index (χ0n) is 16.1. The molecule has 3 aromatic carbocycles. The third-order valence-electron chi connectivity index (χ3n) is 4.46. The molecular weight excluding hydrogens is 412 g/mol. The van der Waals surface area contributed by atoms with E-state index in [4.69, 9.17) is 32.7 Å². The molecule has 0 unspecified atom stereocenters. The predicted octanol–water partition coefficient (Wildman–Crippen LogP) is 6.05. The minimum absolute atomic E-state index is 0.213. The lowest BCUT2D eigenvalue weighted by molar-refractivity contribution is 0.284. The first-order valence-corrected chi connectivity index (χ1v) is 9.99. The van der Waals surface area contributed by atoms with Gasteiger partial charge < -0.3 is 14.8 Å². The maximum atomic E-state index is 12.9. The van der Waals surface area contributed by atoms with E-state index in [1.807, 2.05) is 24.3 Å². The summed E-state index contributed by atoms with van der Waals surface area (Å²) in [6.07, 6.45) is 0.834. The minimum atomic E-state index is -0.213. The fourth-order valence-electron chi connectivity index (χ4n) is 2.85. The molecule has 29 heavy (non-hydrogen) atoms. The summed E-state index contributed by atoms with van der Waals surface area (Å²) in [5.74, 6) is 1.09. The van der Waals surface area contributed by atoms with Crippen LogP contribution < -0.4 is 14.8 Å². The molecule has 0 radical (unpaired) electrons. The molecule has 0 aliphatic rings. The van der Waals surface area contributed by atoms with Gasteiger partial charge in [-0.15, -0.1) is 0 Å². The third-order valence-corrected chi connectivity index (χ3v) is 5.05. The van der Waals surface area contributed by atoms with Crippen LogP contribution in [0.2, 0.25) is 10.0 Å². The Morgan fingerprint density at radius 3 is 2.38 bits per heavy atom. The number of rotatable bonds is 9. The molecule has 3 aromatic rings. The van der Waals surface area contributed by atoms with Crippen molar-refractivity contribution < 1.29 is 13.9 Å². The number of hydrogen-bond donors (Lipinski definition) is 1. The molecular formula is C23H22Cl2FNO2. The minimum Gasteiger partial charge on any atom is -0.493 e. The summed E-state index contributed by atoms with van der Waals surface area (Å²) in [4.78, 5) is 0. The Balaban J connectivity index is 1.53. The summed E-state index contributed by atoms with van der Waals surface area (Å²) in [7, 11) is 1.61. The van der Waals surface area contributed by atoms with Gasteiger partial charge in [0.25, 0.3) is 0 Å². The number of halogens is 3. The summed E-state index contributed by atoms with van der Waals surface area (Å²) in [5, 5.41) is 4.54. The lowest BCUT2D eigenvalue weighted by atomic mass is 10.1. The van der Waals surface area contributed by atoms with Gasteiger partial charge in [0.1, 0.15) is 12.4 Å². The molecule has 152 valence electrons. The summed E-state index contributed by atoms with van der Waals surface area (Å²) in [5.41, 5.74) is 3.03. The van der Waals surface area contributed by atoms with Gasteiger partial charge >= 0.3 is 0 Å². The van der Waals surface area contributed by atoms with Crippen molar-refractivity contribution in [3.63, 3.8) is 0 Å². The SMILES string of the molecule is COc1cc(CNCCc2ccc(F)cc2)ccc1OCc1ccc(Cl)cc1Cl. The second-order valence-electron chi connectivity index (χ2n) is 6.56. The Hall–Kier alpha value is -2.27. The highest BCUT2D eigenvalue weighted by atomic mass is 35.5. The summed E-state index contributed by atoms with van der Waals surface area (Å²) in [6.45, 7) is 1.81. The molecule has 0 heterocycles. The Kier molecular flexibility index (Phi) is 7.76. The Morgan fingerprint density at radius 1 is 0.897 bits per heavy atom. The summed E-state index contributed by atoms with van der Waals surface area (Å²) < 4.78 is 24.3. The van der Waals surface area contributed by atoms with Crippen LogP contribution in [-0.2, 0) is 19.6 Å². The Labute approximate surface area is 180 Å². The first-order valence-electron chi connectivity index (χ1n) is 9.24. The fraction of sp³-hybridized carbons (Fsp3) is 0.217. The maximum absolute atomic E-state index is 12.9. The Bertz CT molecular complexity index is 948. The van der Waals surface area contributed by atoms with Gasteiger partial charge in [0.15, 0.2) is 11.5 Å². The number of methoxy groups -OCH3 is 1. The number of nitrogens with one attached hydrogen (secondary N) is 1. The van der Waals surface area contributed by atoms with E-state index < -0.39 is 0 Å². The van der Waals surface area contributed by atoms with Crippen LogP contribution in [0.4, 0.5) is 4.39 Å². The van der Waals surface area contributed by atoms with Crippen LogP contribution in [0.5, 0.6) is 11.5 Å². The predicted molar refractivity (Wildman–Crippen MR) is 116 cm³/mol. The molecule has 0 spiro atoms. The van der Waals surface area contributed by atoms with Crippen LogP contribution in [0.25, 0.3) is 0 Å². The molecule has 0 atom stereocenters. The molecule has 0 aromatic heterocycles. The number of benzene rings is 3. The van der Waals surface area contributed by atoms with Crippen LogP contribution in [-0.4, -0.2) is 13.7 Å². The highest BCUT2D eigenvalue weighted by Gasteiger charge is 2.08. The van der Waals surface area contributed by atoms with Crippen LogP contribution in [0, 0.1) is 5.82 Å². The van der Waals surface area contributed by atoms with Crippen molar-refractivity contribution in [1.29, 1.82) is 0 Å². The third kappa shape index (κ3) is 6.36. The maximum Gasteiger partial charge on any atom is 0.161 e. The van der Waals surface area contributed by atoms with Gasteiger partial charge in [-0.2, -0.15) is 0 Å². The average molecular weight is 434 g/mol. The quantitative estimate of drug-likeness (QED) is 0.416. The van der Waals surface area contributed by atoms with Gasteiger partial charge in [-0.3, -0.25) is 0 Å². The fourth-order valence-corrected chi connectivity index (χ4v) is 3.32. The normalized spacial score (nSPS) is 10.8. The van der Waals surface area contributed by atoms with Crippen molar-refractivity contribution in [3.05, 3.63) is 93.2 Å². The van der Waals surface area contributed by atoms with Crippen molar-refractivity contribution in [1.82, 2.24) is 5.32 Å². The van der Waals surface area contributed by atoms with E-state index >= 15 is 0 Å². The molecule has 0 amide bonds. The van der Waals surface area contributed by atoms with E-state index in [9.17, 15) is 4.39 Å². The van der Waals surface area contributed by atoms with Gasteiger partial charge in [0, 0.05) is 22.2 Å². The van der Waals surface area contributed by atoms with Crippen molar-refractivity contribution in [2.24, 2.45) is 0 Å². The molecule has 0 aliphatic heterocycles. The number of ether oxygens (including phenoxy) is 2. The summed E-state index contributed by atoms with van der Waals surface area (Å²) in [6, 6.07) is 17.7. The molecule has 0 saturated heterocycles. The zero-order valence-corrected chi connectivity index (χ0v) is 17.6. The van der Waals surface area contributed by atoms with Crippen LogP contribution in [0.15, 0.2) is 60.7 Å². The number of hydrogen-bond acceptors (Lipinski definition) is 3. The second kappa shape index (κ2) is 10.5. The van der Waals surface area contributed by atoms with E-state index in [-0.39, 0.29) is 5.82 Å². The lowest BCUT2D eigenvalue weighted by Gasteiger charge is -2.13. The van der Waals surface area contributed by atoms with Crippen molar-refractivity contribution in [2.75, 3.05) is 13.7 Å². The van der Waals surface area contributed by atoms with Crippen LogP contribution >= 0.6 is 23.2 Å². The van der Waals surface area contributed by atoms with Crippen molar-refractivity contribution in [3.8, 4) is 11.5 Å². The van der Waals surface area contributed by atoms with Crippen LogP contribution in [0.3, 0.4) is 0 Å². The first kappa shape index (κ1) is 21.4. The molecule has 0 fully saturated rings. The Morgan fingerprint density at radius 2 is 1.66 bits per heavy atom.